The van der Waals surface area contributed by atoms with Crippen LogP contribution in [0.3, 0.4) is 0 Å². The van der Waals surface area contributed by atoms with Crippen LogP contribution in [0, 0.1) is 12.8 Å². The molecule has 5 heteroatoms. The maximum Gasteiger partial charge on any atom is 0.0946 e. The van der Waals surface area contributed by atoms with E-state index in [4.69, 9.17) is 4.74 Å². The van der Waals surface area contributed by atoms with E-state index < -0.39 is 0 Å². The minimum absolute atomic E-state index is 0.386. The standard InChI is InChI=1S/C17H23N3OS/c1-13-2-4-15(22-13)11-20-8-9-21-17-14(3-5-16(17)20)10-19-7-6-18-12-19/h2,4,6-7,12,14,16-17H,3,5,8-11H2,1H3/t14-,16+,17+/m0/s1. The third-order valence-electron chi connectivity index (χ3n) is 4.99. The van der Waals surface area contributed by atoms with E-state index in [1.165, 1.54) is 22.6 Å². The second-order valence-electron chi connectivity index (χ2n) is 6.48. The van der Waals surface area contributed by atoms with Crippen molar-refractivity contribution < 1.29 is 4.74 Å². The minimum Gasteiger partial charge on any atom is -0.375 e. The van der Waals surface area contributed by atoms with E-state index in [0.29, 0.717) is 18.1 Å². The van der Waals surface area contributed by atoms with E-state index in [1.54, 1.807) is 0 Å². The molecule has 0 spiro atoms. The molecular formula is C17H23N3OS. The van der Waals surface area contributed by atoms with Gasteiger partial charge in [-0.05, 0) is 31.9 Å². The summed E-state index contributed by atoms with van der Waals surface area (Å²) in [6.45, 7) is 6.24. The summed E-state index contributed by atoms with van der Waals surface area (Å²) in [7, 11) is 0. The molecule has 4 rings (SSSR count). The third kappa shape index (κ3) is 2.85. The van der Waals surface area contributed by atoms with Gasteiger partial charge in [-0.1, -0.05) is 0 Å². The van der Waals surface area contributed by atoms with Gasteiger partial charge in [0.15, 0.2) is 0 Å². The Labute approximate surface area is 135 Å². The summed E-state index contributed by atoms with van der Waals surface area (Å²) in [6.07, 6.45) is 8.74. The van der Waals surface area contributed by atoms with Crippen LogP contribution in [0.4, 0.5) is 0 Å². The van der Waals surface area contributed by atoms with Gasteiger partial charge in [0, 0.05) is 53.7 Å². The highest BCUT2D eigenvalue weighted by Crippen LogP contribution is 2.36. The third-order valence-corrected chi connectivity index (χ3v) is 5.98. The van der Waals surface area contributed by atoms with Crippen molar-refractivity contribution in [3.05, 3.63) is 40.6 Å². The lowest BCUT2D eigenvalue weighted by Gasteiger charge is -2.39. The van der Waals surface area contributed by atoms with Gasteiger partial charge in [-0.2, -0.15) is 0 Å². The maximum atomic E-state index is 6.16. The van der Waals surface area contributed by atoms with Crippen molar-refractivity contribution in [2.45, 2.75) is 45.0 Å². The Morgan fingerprint density at radius 1 is 1.36 bits per heavy atom. The molecule has 4 nitrogen and oxygen atoms in total. The van der Waals surface area contributed by atoms with E-state index in [2.05, 4.69) is 39.7 Å². The van der Waals surface area contributed by atoms with Crippen molar-refractivity contribution in [2.75, 3.05) is 13.2 Å². The number of nitrogens with zero attached hydrogens (tertiary/aromatic N) is 3. The van der Waals surface area contributed by atoms with Crippen LogP contribution in [-0.4, -0.2) is 39.7 Å². The summed E-state index contributed by atoms with van der Waals surface area (Å²) in [5, 5.41) is 0. The highest BCUT2D eigenvalue weighted by Gasteiger charge is 2.42. The van der Waals surface area contributed by atoms with Crippen LogP contribution in [-0.2, 0) is 17.8 Å². The predicted octanol–water partition coefficient (Wildman–Crippen LogP) is 2.93. The van der Waals surface area contributed by atoms with Crippen LogP contribution >= 0.6 is 11.3 Å². The van der Waals surface area contributed by atoms with E-state index in [1.807, 2.05) is 23.9 Å². The van der Waals surface area contributed by atoms with E-state index >= 15 is 0 Å². The average Bonchev–Trinajstić information content (AvgIpc) is 3.23. The molecule has 1 saturated carbocycles. The first-order valence-corrected chi connectivity index (χ1v) is 8.98. The minimum atomic E-state index is 0.386. The molecular weight excluding hydrogens is 294 g/mol. The topological polar surface area (TPSA) is 30.3 Å². The van der Waals surface area contributed by atoms with Crippen molar-refractivity contribution in [3.63, 3.8) is 0 Å². The fraction of sp³-hybridized carbons (Fsp3) is 0.588. The Morgan fingerprint density at radius 2 is 2.32 bits per heavy atom. The molecule has 0 N–H and O–H groups in total. The summed E-state index contributed by atoms with van der Waals surface area (Å²) in [4.78, 5) is 9.69. The summed E-state index contributed by atoms with van der Waals surface area (Å²) in [6, 6.07) is 5.10. The van der Waals surface area contributed by atoms with Gasteiger partial charge in [0.25, 0.3) is 0 Å². The van der Waals surface area contributed by atoms with Crippen LogP contribution in [0.5, 0.6) is 0 Å². The summed E-state index contributed by atoms with van der Waals surface area (Å²) < 4.78 is 8.36. The molecule has 2 aromatic rings. The first-order chi connectivity index (χ1) is 10.8. The first kappa shape index (κ1) is 14.4. The number of ether oxygens (including phenoxy) is 1. The van der Waals surface area contributed by atoms with Crippen LogP contribution in [0.15, 0.2) is 30.9 Å². The van der Waals surface area contributed by atoms with Crippen LogP contribution < -0.4 is 0 Å². The zero-order chi connectivity index (χ0) is 14.9. The molecule has 1 saturated heterocycles. The number of morpholine rings is 1. The quantitative estimate of drug-likeness (QED) is 0.868. The highest BCUT2D eigenvalue weighted by molar-refractivity contribution is 7.11. The number of imidazole rings is 1. The van der Waals surface area contributed by atoms with Gasteiger partial charge >= 0.3 is 0 Å². The zero-order valence-electron chi connectivity index (χ0n) is 13.0. The zero-order valence-corrected chi connectivity index (χ0v) is 13.8. The molecule has 0 unspecified atom stereocenters. The van der Waals surface area contributed by atoms with Gasteiger partial charge in [0.1, 0.15) is 0 Å². The van der Waals surface area contributed by atoms with Crippen LogP contribution in [0.25, 0.3) is 0 Å². The Balaban J connectivity index is 1.44. The van der Waals surface area contributed by atoms with Crippen molar-refractivity contribution in [1.29, 1.82) is 0 Å². The Kier molecular flexibility index (Phi) is 4.03. The van der Waals surface area contributed by atoms with E-state index in [-0.39, 0.29) is 0 Å². The Morgan fingerprint density at radius 3 is 3.09 bits per heavy atom. The first-order valence-electron chi connectivity index (χ1n) is 8.16. The largest absolute Gasteiger partial charge is 0.375 e. The number of hydrogen-bond acceptors (Lipinski definition) is 4. The predicted molar refractivity (Wildman–Crippen MR) is 87.9 cm³/mol. The number of rotatable bonds is 4. The maximum absolute atomic E-state index is 6.16. The molecule has 2 fully saturated rings. The van der Waals surface area contributed by atoms with Gasteiger partial charge < -0.3 is 9.30 Å². The molecule has 2 aromatic heterocycles. The van der Waals surface area contributed by atoms with E-state index in [0.717, 1.165) is 26.2 Å². The molecule has 0 radical (unpaired) electrons. The smallest absolute Gasteiger partial charge is 0.0946 e. The number of hydrogen-bond donors (Lipinski definition) is 0. The molecule has 0 aromatic carbocycles. The van der Waals surface area contributed by atoms with Gasteiger partial charge in [-0.25, -0.2) is 4.98 Å². The molecule has 22 heavy (non-hydrogen) atoms. The lowest BCUT2D eigenvalue weighted by molar-refractivity contribution is -0.0783. The van der Waals surface area contributed by atoms with E-state index in [9.17, 15) is 0 Å². The SMILES string of the molecule is Cc1ccc(CN2CCO[C@@H]3[C@H](Cn4ccnc4)CC[C@H]32)s1. The van der Waals surface area contributed by atoms with Gasteiger partial charge in [-0.3, -0.25) is 4.90 Å². The average molecular weight is 317 g/mol. The molecule has 1 aliphatic heterocycles. The fourth-order valence-electron chi connectivity index (χ4n) is 3.96. The van der Waals surface area contributed by atoms with Gasteiger partial charge in [-0.15, -0.1) is 11.3 Å². The normalized spacial score (nSPS) is 28.9. The number of thiophene rings is 1. The lowest BCUT2D eigenvalue weighted by atomic mass is 10.0. The molecule has 1 aliphatic carbocycles. The summed E-state index contributed by atoms with van der Waals surface area (Å²) >= 11 is 1.93. The molecule has 3 heterocycles. The lowest BCUT2D eigenvalue weighted by Crippen LogP contribution is -2.50. The number of fused-ring (bicyclic) bond motifs is 1. The van der Waals surface area contributed by atoms with Crippen molar-refractivity contribution >= 4 is 11.3 Å². The van der Waals surface area contributed by atoms with Crippen LogP contribution in [0.2, 0.25) is 0 Å². The Bertz CT molecular complexity index is 609. The molecule has 2 aliphatic rings. The molecule has 0 amide bonds. The van der Waals surface area contributed by atoms with Crippen molar-refractivity contribution in [1.82, 2.24) is 14.5 Å². The number of aryl methyl sites for hydroxylation is 1. The molecule has 0 bridgehead atoms. The molecule has 3 atom stereocenters. The summed E-state index contributed by atoms with van der Waals surface area (Å²) in [5.41, 5.74) is 0. The van der Waals surface area contributed by atoms with Gasteiger partial charge in [0.2, 0.25) is 0 Å². The summed E-state index contributed by atoms with van der Waals surface area (Å²) in [5.74, 6) is 0.618. The monoisotopic (exact) mass is 317 g/mol. The van der Waals surface area contributed by atoms with Crippen LogP contribution in [0.1, 0.15) is 22.6 Å². The highest BCUT2D eigenvalue weighted by atomic mass is 32.1. The Hall–Kier alpha value is -1.17. The van der Waals surface area contributed by atoms with Crippen molar-refractivity contribution in [3.8, 4) is 0 Å². The van der Waals surface area contributed by atoms with Gasteiger partial charge in [0.05, 0.1) is 19.0 Å². The number of aromatic nitrogens is 2. The second-order valence-corrected chi connectivity index (χ2v) is 7.85. The fourth-order valence-corrected chi connectivity index (χ4v) is 4.88. The molecule has 118 valence electrons. The van der Waals surface area contributed by atoms with Crippen molar-refractivity contribution in [2.24, 2.45) is 5.92 Å². The second kappa shape index (κ2) is 6.14.